The van der Waals surface area contributed by atoms with Gasteiger partial charge in [-0.3, -0.25) is 0 Å². The molecule has 0 saturated heterocycles. The van der Waals surface area contributed by atoms with Crippen LogP contribution in [-0.2, 0) is 11.8 Å². The molecule has 4 nitrogen and oxygen atoms in total. The second kappa shape index (κ2) is 4.41. The predicted molar refractivity (Wildman–Crippen MR) is 70.1 cm³/mol. The lowest BCUT2D eigenvalue weighted by molar-refractivity contribution is 0.571. The molecule has 0 aliphatic heterocycles. The van der Waals surface area contributed by atoms with E-state index in [0.717, 1.165) is 16.4 Å². The highest BCUT2D eigenvalue weighted by Crippen LogP contribution is 2.24. The summed E-state index contributed by atoms with van der Waals surface area (Å²) in [6, 6.07) is 1.87. The molecule has 0 amide bonds. The highest BCUT2D eigenvalue weighted by Gasteiger charge is 2.17. The Morgan fingerprint density at radius 3 is 2.65 bits per heavy atom. The van der Waals surface area contributed by atoms with Crippen molar-refractivity contribution >= 4 is 17.3 Å². The van der Waals surface area contributed by atoms with E-state index in [1.807, 2.05) is 6.07 Å². The first-order chi connectivity index (χ1) is 7.95. The largest absolute Gasteiger partial charge is 0.368 e. The smallest absolute Gasteiger partial charge is 0.220 e. The van der Waals surface area contributed by atoms with Gasteiger partial charge in [0.15, 0.2) is 0 Å². The second-order valence-electron chi connectivity index (χ2n) is 4.96. The van der Waals surface area contributed by atoms with Crippen molar-refractivity contribution in [2.45, 2.75) is 32.6 Å². The van der Waals surface area contributed by atoms with E-state index in [9.17, 15) is 0 Å². The lowest BCUT2D eigenvalue weighted by Crippen LogP contribution is -2.11. The Morgan fingerprint density at radius 1 is 1.29 bits per heavy atom. The van der Waals surface area contributed by atoms with Crippen molar-refractivity contribution in [3.63, 3.8) is 0 Å². The first-order valence-electron chi connectivity index (χ1n) is 5.47. The Bertz CT molecular complexity index is 513. The van der Waals surface area contributed by atoms with E-state index in [0.29, 0.717) is 12.4 Å². The molecule has 0 atom stereocenters. The van der Waals surface area contributed by atoms with Gasteiger partial charge < -0.3 is 5.73 Å². The molecule has 2 N–H and O–H groups in total. The molecule has 0 radical (unpaired) electrons. The van der Waals surface area contributed by atoms with Gasteiger partial charge in [-0.15, -0.1) is 11.3 Å². The number of nitrogen functional groups attached to an aromatic ring is 1. The summed E-state index contributed by atoms with van der Waals surface area (Å²) in [5.74, 6) is 0.315. The molecule has 0 aliphatic rings. The highest BCUT2D eigenvalue weighted by atomic mass is 32.1. The molecule has 2 aromatic heterocycles. The van der Waals surface area contributed by atoms with E-state index >= 15 is 0 Å². The van der Waals surface area contributed by atoms with Gasteiger partial charge in [-0.25, -0.2) is 15.0 Å². The molecule has 0 saturated carbocycles. The summed E-state index contributed by atoms with van der Waals surface area (Å²) in [6.45, 7) is 6.48. The van der Waals surface area contributed by atoms with Crippen LogP contribution in [0.3, 0.4) is 0 Å². The van der Waals surface area contributed by atoms with E-state index in [4.69, 9.17) is 5.73 Å². The van der Waals surface area contributed by atoms with Crippen LogP contribution in [0.5, 0.6) is 0 Å². The Labute approximate surface area is 105 Å². The zero-order valence-corrected chi connectivity index (χ0v) is 11.1. The Kier molecular flexibility index (Phi) is 3.11. The number of nitrogens with two attached hydrogens (primary N) is 1. The van der Waals surface area contributed by atoms with E-state index in [2.05, 4.69) is 41.1 Å². The topological polar surface area (TPSA) is 64.7 Å². The van der Waals surface area contributed by atoms with Gasteiger partial charge in [-0.05, 0) is 6.07 Å². The lowest BCUT2D eigenvalue weighted by atomic mass is 9.93. The first-order valence-corrected chi connectivity index (χ1v) is 6.35. The number of nitrogens with zero attached hydrogens (tertiary/aromatic N) is 3. The maximum Gasteiger partial charge on any atom is 0.220 e. The Morgan fingerprint density at radius 2 is 2.06 bits per heavy atom. The number of hydrogen-bond donors (Lipinski definition) is 1. The third kappa shape index (κ3) is 3.00. The standard InChI is InChI=1S/C12H16N4S/c1-12(2,3)9-7-17-10(16-9)6-8-4-5-14-11(13)15-8/h4-5,7H,6H2,1-3H3,(H2,13,14,15). The molecule has 0 aliphatic carbocycles. The average Bonchev–Trinajstić information content (AvgIpc) is 2.65. The summed E-state index contributed by atoms with van der Waals surface area (Å²) >= 11 is 1.66. The van der Waals surface area contributed by atoms with Gasteiger partial charge in [0.2, 0.25) is 5.95 Å². The van der Waals surface area contributed by atoms with Gasteiger partial charge >= 0.3 is 0 Å². The average molecular weight is 248 g/mol. The van der Waals surface area contributed by atoms with Gasteiger partial charge in [0.1, 0.15) is 0 Å². The molecule has 2 rings (SSSR count). The third-order valence-electron chi connectivity index (χ3n) is 2.38. The molecular weight excluding hydrogens is 232 g/mol. The van der Waals surface area contributed by atoms with Crippen molar-refractivity contribution < 1.29 is 0 Å². The fraction of sp³-hybridized carbons (Fsp3) is 0.417. The van der Waals surface area contributed by atoms with Gasteiger partial charge in [-0.2, -0.15) is 0 Å². The fourth-order valence-corrected chi connectivity index (χ4v) is 2.44. The van der Waals surface area contributed by atoms with Gasteiger partial charge in [0, 0.05) is 23.4 Å². The molecule has 2 heterocycles. The Hall–Kier alpha value is -1.49. The Balaban J connectivity index is 2.17. The van der Waals surface area contributed by atoms with Crippen molar-refractivity contribution in [2.24, 2.45) is 0 Å². The lowest BCUT2D eigenvalue weighted by Gasteiger charge is -2.14. The van der Waals surface area contributed by atoms with Crippen LogP contribution < -0.4 is 5.73 Å². The van der Waals surface area contributed by atoms with Crippen LogP contribution in [0.15, 0.2) is 17.6 Å². The molecule has 0 bridgehead atoms. The van der Waals surface area contributed by atoms with Crippen LogP contribution in [-0.4, -0.2) is 15.0 Å². The maximum atomic E-state index is 5.55. The summed E-state index contributed by atoms with van der Waals surface area (Å²) < 4.78 is 0. The molecule has 0 fully saturated rings. The molecule has 90 valence electrons. The molecular formula is C12H16N4S. The summed E-state index contributed by atoms with van der Waals surface area (Å²) in [4.78, 5) is 12.7. The van der Waals surface area contributed by atoms with Crippen LogP contribution in [0.1, 0.15) is 37.2 Å². The minimum atomic E-state index is 0.0967. The molecule has 2 aromatic rings. The van der Waals surface area contributed by atoms with Crippen molar-refractivity contribution in [1.82, 2.24) is 15.0 Å². The monoisotopic (exact) mass is 248 g/mol. The van der Waals surface area contributed by atoms with Crippen molar-refractivity contribution in [2.75, 3.05) is 5.73 Å². The normalized spacial score (nSPS) is 11.7. The van der Waals surface area contributed by atoms with E-state index in [1.165, 1.54) is 0 Å². The second-order valence-corrected chi connectivity index (χ2v) is 5.90. The summed E-state index contributed by atoms with van der Waals surface area (Å²) in [6.07, 6.45) is 2.39. The summed E-state index contributed by atoms with van der Waals surface area (Å²) in [5.41, 5.74) is 7.68. The number of rotatable bonds is 2. The van der Waals surface area contributed by atoms with Crippen molar-refractivity contribution in [3.8, 4) is 0 Å². The molecule has 0 unspecified atom stereocenters. The first kappa shape index (κ1) is 12.0. The van der Waals surface area contributed by atoms with Crippen LogP contribution in [0.2, 0.25) is 0 Å². The van der Waals surface area contributed by atoms with Crippen LogP contribution in [0.25, 0.3) is 0 Å². The number of thiazole rings is 1. The zero-order valence-electron chi connectivity index (χ0n) is 10.3. The molecule has 17 heavy (non-hydrogen) atoms. The maximum absolute atomic E-state index is 5.55. The number of aromatic nitrogens is 3. The van der Waals surface area contributed by atoms with E-state index in [-0.39, 0.29) is 5.41 Å². The SMILES string of the molecule is CC(C)(C)c1csc(Cc2ccnc(N)n2)n1. The van der Waals surface area contributed by atoms with Crippen molar-refractivity contribution in [1.29, 1.82) is 0 Å². The van der Waals surface area contributed by atoms with Crippen LogP contribution in [0.4, 0.5) is 5.95 Å². The number of anilines is 1. The fourth-order valence-electron chi connectivity index (χ4n) is 1.40. The van der Waals surface area contributed by atoms with Crippen LogP contribution in [0, 0.1) is 0 Å². The van der Waals surface area contributed by atoms with Crippen LogP contribution >= 0.6 is 11.3 Å². The third-order valence-corrected chi connectivity index (χ3v) is 3.23. The molecule has 0 aromatic carbocycles. The van der Waals surface area contributed by atoms with Gasteiger partial charge in [-0.1, -0.05) is 20.8 Å². The molecule has 5 heteroatoms. The number of hydrogen-bond acceptors (Lipinski definition) is 5. The zero-order chi connectivity index (χ0) is 12.5. The van der Waals surface area contributed by atoms with Crippen molar-refractivity contribution in [3.05, 3.63) is 34.0 Å². The highest BCUT2D eigenvalue weighted by molar-refractivity contribution is 7.09. The van der Waals surface area contributed by atoms with E-state index < -0.39 is 0 Å². The predicted octanol–water partition coefficient (Wildman–Crippen LogP) is 2.40. The summed E-state index contributed by atoms with van der Waals surface area (Å²) in [7, 11) is 0. The molecule has 0 spiro atoms. The summed E-state index contributed by atoms with van der Waals surface area (Å²) in [5, 5.41) is 3.17. The quantitative estimate of drug-likeness (QED) is 0.886. The minimum Gasteiger partial charge on any atom is -0.368 e. The van der Waals surface area contributed by atoms with Gasteiger partial charge in [0.25, 0.3) is 0 Å². The van der Waals surface area contributed by atoms with Gasteiger partial charge in [0.05, 0.1) is 16.4 Å². The minimum absolute atomic E-state index is 0.0967. The van der Waals surface area contributed by atoms with E-state index in [1.54, 1.807) is 17.5 Å².